The summed E-state index contributed by atoms with van der Waals surface area (Å²) in [4.78, 5) is 27.6. The standard InChI is InChI=1S/C31H32N6O4/c1-4-5-15-26-27(30(40-2)41-3)37(29(38)23-11-7-6-8-12-23)31(39)36(26)20-21-16-18-22(19-17-21)24-13-9-10-14-25(24)28-32-34-35-33-28/h6-14,16-19,30H,4-5,15,20H2,1-3H3,(H,32,33,34,35). The number of rotatable bonds is 11. The van der Waals surface area contributed by atoms with E-state index < -0.39 is 17.9 Å². The molecule has 5 rings (SSSR count). The molecule has 10 heteroatoms. The molecule has 10 nitrogen and oxygen atoms in total. The van der Waals surface area contributed by atoms with E-state index in [1.807, 2.05) is 54.6 Å². The van der Waals surface area contributed by atoms with Crippen molar-refractivity contribution in [2.75, 3.05) is 14.2 Å². The quantitative estimate of drug-likeness (QED) is 0.232. The molecule has 41 heavy (non-hydrogen) atoms. The highest BCUT2D eigenvalue weighted by Gasteiger charge is 2.30. The van der Waals surface area contributed by atoms with Crippen LogP contribution in [0.2, 0.25) is 0 Å². The average molecular weight is 553 g/mol. The summed E-state index contributed by atoms with van der Waals surface area (Å²) in [5.41, 5.74) is 4.84. The topological polar surface area (TPSA) is 117 Å². The van der Waals surface area contributed by atoms with Gasteiger partial charge in [0.05, 0.1) is 6.54 Å². The maximum atomic E-state index is 14.0. The van der Waals surface area contributed by atoms with Crippen LogP contribution in [0.15, 0.2) is 83.7 Å². The lowest BCUT2D eigenvalue weighted by Gasteiger charge is -2.17. The van der Waals surface area contributed by atoms with Crippen LogP contribution in [0.5, 0.6) is 0 Å². The first kappa shape index (κ1) is 27.9. The van der Waals surface area contributed by atoms with Crippen molar-refractivity contribution >= 4 is 5.91 Å². The molecule has 0 unspecified atom stereocenters. The number of benzene rings is 3. The molecular formula is C31H32N6O4. The number of unbranched alkanes of at least 4 members (excludes halogenated alkanes) is 1. The number of tetrazole rings is 1. The number of aromatic nitrogens is 6. The second kappa shape index (κ2) is 12.7. The number of imidazole rings is 1. The van der Waals surface area contributed by atoms with E-state index in [9.17, 15) is 9.59 Å². The van der Waals surface area contributed by atoms with Gasteiger partial charge in [0.25, 0.3) is 5.91 Å². The lowest BCUT2D eigenvalue weighted by Crippen LogP contribution is -2.31. The average Bonchev–Trinajstić information content (AvgIpc) is 3.65. The Morgan fingerprint density at radius 3 is 2.24 bits per heavy atom. The highest BCUT2D eigenvalue weighted by Crippen LogP contribution is 2.30. The summed E-state index contributed by atoms with van der Waals surface area (Å²) in [6.45, 7) is 2.37. The summed E-state index contributed by atoms with van der Waals surface area (Å²) in [7, 11) is 3.00. The Hall–Kier alpha value is -4.67. The normalized spacial score (nSPS) is 11.3. The number of hydrogen-bond acceptors (Lipinski definition) is 7. The first-order chi connectivity index (χ1) is 20.1. The summed E-state index contributed by atoms with van der Waals surface area (Å²) in [6, 6.07) is 24.6. The Labute approximate surface area is 237 Å². The van der Waals surface area contributed by atoms with E-state index >= 15 is 0 Å². The van der Waals surface area contributed by atoms with Gasteiger partial charge in [-0.15, -0.1) is 10.2 Å². The summed E-state index contributed by atoms with van der Waals surface area (Å²) in [5.74, 6) is 0.0919. The number of H-pyrrole nitrogens is 1. The molecule has 0 aliphatic rings. The molecular weight excluding hydrogens is 520 g/mol. The predicted octanol–water partition coefficient (Wildman–Crippen LogP) is 4.87. The first-order valence-corrected chi connectivity index (χ1v) is 13.5. The number of carbonyl (C=O) groups is 1. The minimum atomic E-state index is -0.882. The largest absolute Gasteiger partial charge is 0.350 e. The highest BCUT2D eigenvalue weighted by atomic mass is 16.7. The Balaban J connectivity index is 1.57. The van der Waals surface area contributed by atoms with E-state index in [0.717, 1.165) is 40.8 Å². The van der Waals surface area contributed by atoms with Crippen LogP contribution in [0.4, 0.5) is 0 Å². The molecule has 5 aromatic rings. The SMILES string of the molecule is CCCCc1c(C(OC)OC)n(C(=O)c2ccccc2)c(=O)n1Cc1ccc(-c2ccccc2-c2nn[nH]n2)cc1. The van der Waals surface area contributed by atoms with Gasteiger partial charge >= 0.3 is 5.69 Å². The Bertz CT molecular complexity index is 1650. The third-order valence-electron chi connectivity index (χ3n) is 7.05. The van der Waals surface area contributed by atoms with Gasteiger partial charge in [-0.05, 0) is 46.9 Å². The first-order valence-electron chi connectivity index (χ1n) is 13.5. The van der Waals surface area contributed by atoms with Gasteiger partial charge in [-0.1, -0.05) is 80.1 Å². The molecule has 1 N–H and O–H groups in total. The Kier molecular flexibility index (Phi) is 8.61. The maximum absolute atomic E-state index is 14.0. The number of carbonyl (C=O) groups excluding carboxylic acids is 1. The van der Waals surface area contributed by atoms with Gasteiger partial charge in [0.2, 0.25) is 12.1 Å². The van der Waals surface area contributed by atoms with Crippen molar-refractivity contribution in [3.63, 3.8) is 0 Å². The summed E-state index contributed by atoms with van der Waals surface area (Å²) in [6.07, 6.45) is 1.47. The van der Waals surface area contributed by atoms with E-state index in [4.69, 9.17) is 9.47 Å². The molecule has 0 atom stereocenters. The van der Waals surface area contributed by atoms with Crippen LogP contribution in [0.25, 0.3) is 22.5 Å². The van der Waals surface area contributed by atoms with E-state index in [-0.39, 0.29) is 6.54 Å². The predicted molar refractivity (Wildman–Crippen MR) is 154 cm³/mol. The molecule has 0 aliphatic heterocycles. The molecule has 0 amide bonds. The zero-order valence-corrected chi connectivity index (χ0v) is 23.3. The van der Waals surface area contributed by atoms with Gasteiger partial charge < -0.3 is 9.47 Å². The highest BCUT2D eigenvalue weighted by molar-refractivity contribution is 5.96. The lowest BCUT2D eigenvalue weighted by atomic mass is 9.98. The molecule has 0 saturated heterocycles. The number of ether oxygens (including phenoxy) is 2. The zero-order valence-electron chi connectivity index (χ0n) is 23.3. The van der Waals surface area contributed by atoms with Crippen LogP contribution in [-0.2, 0) is 22.4 Å². The molecule has 2 aromatic heterocycles. The van der Waals surface area contributed by atoms with Crippen LogP contribution in [0, 0.1) is 0 Å². The van der Waals surface area contributed by atoms with Crippen molar-refractivity contribution < 1.29 is 14.3 Å². The monoisotopic (exact) mass is 552 g/mol. The Morgan fingerprint density at radius 2 is 1.61 bits per heavy atom. The molecule has 210 valence electrons. The molecule has 0 aliphatic carbocycles. The fourth-order valence-corrected chi connectivity index (χ4v) is 5.02. The molecule has 0 spiro atoms. The number of aromatic amines is 1. The molecule has 0 bridgehead atoms. The summed E-state index contributed by atoms with van der Waals surface area (Å²) < 4.78 is 14.1. The van der Waals surface area contributed by atoms with Crippen LogP contribution in [0.3, 0.4) is 0 Å². The van der Waals surface area contributed by atoms with Gasteiger partial charge in [0.1, 0.15) is 5.69 Å². The minimum Gasteiger partial charge on any atom is -0.350 e. The second-order valence-electron chi connectivity index (χ2n) is 9.59. The van der Waals surface area contributed by atoms with Gasteiger partial charge in [-0.2, -0.15) is 5.21 Å². The maximum Gasteiger partial charge on any atom is 0.336 e. The third-order valence-corrected chi connectivity index (χ3v) is 7.05. The van der Waals surface area contributed by atoms with Crippen molar-refractivity contribution in [2.24, 2.45) is 0 Å². The third kappa shape index (κ3) is 5.65. The van der Waals surface area contributed by atoms with Crippen molar-refractivity contribution in [1.29, 1.82) is 0 Å². The lowest BCUT2D eigenvalue weighted by molar-refractivity contribution is -0.110. The van der Waals surface area contributed by atoms with E-state index in [1.165, 1.54) is 18.8 Å². The number of methoxy groups -OCH3 is 2. The van der Waals surface area contributed by atoms with Gasteiger partial charge in [-0.25, -0.2) is 9.36 Å². The van der Waals surface area contributed by atoms with Crippen LogP contribution in [0.1, 0.15) is 53.4 Å². The van der Waals surface area contributed by atoms with Gasteiger partial charge in [0, 0.05) is 31.0 Å². The van der Waals surface area contributed by atoms with Crippen molar-refractivity contribution in [1.82, 2.24) is 29.8 Å². The van der Waals surface area contributed by atoms with E-state index in [1.54, 1.807) is 28.8 Å². The molecule has 0 fully saturated rings. The fraction of sp³-hybridized carbons (Fsp3) is 0.258. The molecule has 0 radical (unpaired) electrons. The smallest absolute Gasteiger partial charge is 0.336 e. The molecule has 2 heterocycles. The molecule has 3 aromatic carbocycles. The van der Waals surface area contributed by atoms with Gasteiger partial charge in [0.15, 0.2) is 0 Å². The molecule has 0 saturated carbocycles. The Morgan fingerprint density at radius 1 is 0.927 bits per heavy atom. The van der Waals surface area contributed by atoms with Crippen molar-refractivity contribution in [3.05, 3.63) is 112 Å². The number of hydrogen-bond donors (Lipinski definition) is 1. The van der Waals surface area contributed by atoms with Crippen LogP contribution < -0.4 is 5.69 Å². The number of nitrogens with zero attached hydrogens (tertiary/aromatic N) is 5. The van der Waals surface area contributed by atoms with Crippen LogP contribution >= 0.6 is 0 Å². The fourth-order valence-electron chi connectivity index (χ4n) is 5.02. The van der Waals surface area contributed by atoms with Gasteiger partial charge in [-0.3, -0.25) is 9.36 Å². The second-order valence-corrected chi connectivity index (χ2v) is 9.59. The number of nitrogens with one attached hydrogen (secondary N) is 1. The minimum absolute atomic E-state index is 0.285. The zero-order chi connectivity index (χ0) is 28.8. The van der Waals surface area contributed by atoms with Crippen molar-refractivity contribution in [2.45, 2.75) is 39.0 Å². The van der Waals surface area contributed by atoms with E-state index in [2.05, 4.69) is 27.5 Å². The summed E-state index contributed by atoms with van der Waals surface area (Å²) >= 11 is 0. The van der Waals surface area contributed by atoms with E-state index in [0.29, 0.717) is 23.5 Å². The van der Waals surface area contributed by atoms with Crippen molar-refractivity contribution in [3.8, 4) is 22.5 Å². The van der Waals surface area contributed by atoms with Crippen LogP contribution in [-0.4, -0.2) is 49.9 Å². The summed E-state index contributed by atoms with van der Waals surface area (Å²) in [5, 5.41) is 14.4.